The number of hydrogen-bond acceptors (Lipinski definition) is 4. The largest absolute Gasteiger partial charge is 0.481 e. The Morgan fingerprint density at radius 1 is 1.04 bits per heavy atom. The molecular formula is C18H15NO5. The second-order valence-corrected chi connectivity index (χ2v) is 5.58. The molecular weight excluding hydrogens is 310 g/mol. The Hall–Kier alpha value is -3.15. The van der Waals surface area contributed by atoms with Gasteiger partial charge in [-0.05, 0) is 29.5 Å². The topological polar surface area (TPSA) is 104 Å². The first-order valence-corrected chi connectivity index (χ1v) is 7.46. The predicted octanol–water partition coefficient (Wildman–Crippen LogP) is 2.64. The standard InChI is InChI=1S/C18H15NO5/c20-14-7-5-11-3-1-2-10-4-6-13(16(14)15(10)11)19-9-8-12(17(21)22)18(23)24/h1-7,12,19H,8-9H2,(H,21,22)(H,23,24). The number of rotatable bonds is 6. The summed E-state index contributed by atoms with van der Waals surface area (Å²) >= 11 is 0. The molecule has 0 amide bonds. The summed E-state index contributed by atoms with van der Waals surface area (Å²) in [5, 5.41) is 22.6. The summed E-state index contributed by atoms with van der Waals surface area (Å²) < 4.78 is 0. The van der Waals surface area contributed by atoms with E-state index in [1.165, 1.54) is 6.08 Å². The van der Waals surface area contributed by atoms with Gasteiger partial charge in [0.1, 0.15) is 0 Å². The summed E-state index contributed by atoms with van der Waals surface area (Å²) in [7, 11) is 0. The first-order valence-electron chi connectivity index (χ1n) is 7.46. The zero-order valence-electron chi connectivity index (χ0n) is 12.7. The first kappa shape index (κ1) is 15.7. The Labute approximate surface area is 137 Å². The van der Waals surface area contributed by atoms with Crippen molar-refractivity contribution in [3.05, 3.63) is 47.5 Å². The van der Waals surface area contributed by atoms with E-state index in [-0.39, 0.29) is 18.7 Å². The number of carboxylic acid groups (broad SMARTS) is 2. The van der Waals surface area contributed by atoms with Crippen LogP contribution in [-0.4, -0.2) is 34.5 Å². The van der Waals surface area contributed by atoms with Gasteiger partial charge in [0.05, 0.1) is 5.56 Å². The molecule has 122 valence electrons. The monoisotopic (exact) mass is 325 g/mol. The van der Waals surface area contributed by atoms with Gasteiger partial charge >= 0.3 is 11.9 Å². The Morgan fingerprint density at radius 2 is 1.79 bits per heavy atom. The van der Waals surface area contributed by atoms with Crippen LogP contribution in [0.25, 0.3) is 16.8 Å². The van der Waals surface area contributed by atoms with Gasteiger partial charge in [-0.1, -0.05) is 30.3 Å². The lowest BCUT2D eigenvalue weighted by atomic mass is 9.91. The fourth-order valence-corrected chi connectivity index (χ4v) is 2.90. The van der Waals surface area contributed by atoms with E-state index in [0.29, 0.717) is 11.3 Å². The zero-order valence-corrected chi connectivity index (χ0v) is 12.7. The van der Waals surface area contributed by atoms with Crippen molar-refractivity contribution in [2.24, 2.45) is 5.92 Å². The van der Waals surface area contributed by atoms with Crippen molar-refractivity contribution in [1.82, 2.24) is 0 Å². The van der Waals surface area contributed by atoms with Crippen LogP contribution in [0.3, 0.4) is 0 Å². The van der Waals surface area contributed by atoms with E-state index in [2.05, 4.69) is 5.32 Å². The van der Waals surface area contributed by atoms with Crippen LogP contribution >= 0.6 is 0 Å². The number of hydrogen-bond donors (Lipinski definition) is 3. The third-order valence-electron chi connectivity index (χ3n) is 4.08. The van der Waals surface area contributed by atoms with Crippen LogP contribution in [0.1, 0.15) is 22.3 Å². The van der Waals surface area contributed by atoms with Gasteiger partial charge in [-0.2, -0.15) is 0 Å². The third-order valence-corrected chi connectivity index (χ3v) is 4.08. The molecule has 0 radical (unpaired) electrons. The van der Waals surface area contributed by atoms with Crippen molar-refractivity contribution >= 4 is 40.3 Å². The molecule has 1 aliphatic rings. The van der Waals surface area contributed by atoms with Gasteiger partial charge in [0.25, 0.3) is 0 Å². The molecule has 1 aliphatic carbocycles. The molecule has 0 saturated carbocycles. The number of benzene rings is 2. The van der Waals surface area contributed by atoms with Gasteiger partial charge in [0.2, 0.25) is 0 Å². The van der Waals surface area contributed by atoms with Crippen molar-refractivity contribution < 1.29 is 24.6 Å². The number of allylic oxidation sites excluding steroid dienone is 1. The van der Waals surface area contributed by atoms with Gasteiger partial charge < -0.3 is 15.5 Å². The van der Waals surface area contributed by atoms with Gasteiger partial charge in [-0.3, -0.25) is 14.4 Å². The molecule has 3 N–H and O–H groups in total. The quantitative estimate of drug-likeness (QED) is 0.705. The average Bonchev–Trinajstić information content (AvgIpc) is 2.55. The minimum Gasteiger partial charge on any atom is -0.481 e. The highest BCUT2D eigenvalue weighted by molar-refractivity contribution is 6.23. The van der Waals surface area contributed by atoms with Crippen molar-refractivity contribution in [2.75, 3.05) is 11.9 Å². The smallest absolute Gasteiger partial charge is 0.317 e. The van der Waals surface area contributed by atoms with E-state index in [1.807, 2.05) is 24.3 Å². The molecule has 0 heterocycles. The molecule has 3 rings (SSSR count). The fourth-order valence-electron chi connectivity index (χ4n) is 2.90. The number of carbonyl (C=O) groups excluding carboxylic acids is 1. The maximum absolute atomic E-state index is 12.3. The molecule has 2 aromatic carbocycles. The van der Waals surface area contributed by atoms with E-state index in [4.69, 9.17) is 10.2 Å². The van der Waals surface area contributed by atoms with Gasteiger partial charge in [0.15, 0.2) is 11.7 Å². The SMILES string of the molecule is O=C1C=Cc2cccc3ccc(NCCC(C(=O)O)C(=O)O)c1c23. The van der Waals surface area contributed by atoms with E-state index >= 15 is 0 Å². The van der Waals surface area contributed by atoms with E-state index in [0.717, 1.165) is 16.3 Å². The third kappa shape index (κ3) is 2.74. The summed E-state index contributed by atoms with van der Waals surface area (Å²) in [5.41, 5.74) is 2.06. The first-order chi connectivity index (χ1) is 11.5. The molecule has 6 nitrogen and oxygen atoms in total. The number of ketones is 1. The number of nitrogens with one attached hydrogen (secondary N) is 1. The summed E-state index contributed by atoms with van der Waals surface area (Å²) in [6, 6.07) is 9.39. The molecule has 0 aliphatic heterocycles. The molecule has 0 saturated heterocycles. The molecule has 0 unspecified atom stereocenters. The lowest BCUT2D eigenvalue weighted by Crippen LogP contribution is -2.26. The number of anilines is 1. The molecule has 0 aromatic heterocycles. The predicted molar refractivity (Wildman–Crippen MR) is 89.2 cm³/mol. The molecule has 0 fully saturated rings. The minimum atomic E-state index is -1.47. The molecule has 2 aromatic rings. The second-order valence-electron chi connectivity index (χ2n) is 5.58. The van der Waals surface area contributed by atoms with Crippen LogP contribution in [-0.2, 0) is 9.59 Å². The summed E-state index contributed by atoms with van der Waals surface area (Å²) in [5.74, 6) is -4.34. The number of aliphatic carboxylic acids is 2. The van der Waals surface area contributed by atoms with Crippen LogP contribution in [0.2, 0.25) is 0 Å². The zero-order chi connectivity index (χ0) is 17.3. The van der Waals surface area contributed by atoms with Gasteiger partial charge in [-0.15, -0.1) is 0 Å². The van der Waals surface area contributed by atoms with Crippen molar-refractivity contribution in [1.29, 1.82) is 0 Å². The van der Waals surface area contributed by atoms with Crippen LogP contribution in [0.15, 0.2) is 36.4 Å². The Morgan fingerprint density at radius 3 is 2.50 bits per heavy atom. The minimum absolute atomic E-state index is 0.0756. The van der Waals surface area contributed by atoms with Gasteiger partial charge in [-0.25, -0.2) is 0 Å². The summed E-state index contributed by atoms with van der Waals surface area (Å²) in [4.78, 5) is 34.1. The van der Waals surface area contributed by atoms with Crippen LogP contribution in [0.5, 0.6) is 0 Å². The Balaban J connectivity index is 1.88. The fraction of sp³-hybridized carbons (Fsp3) is 0.167. The molecule has 0 spiro atoms. The number of carbonyl (C=O) groups is 3. The maximum atomic E-state index is 12.3. The van der Waals surface area contributed by atoms with E-state index in [1.54, 1.807) is 12.1 Å². The van der Waals surface area contributed by atoms with Crippen LogP contribution < -0.4 is 5.32 Å². The molecule has 0 atom stereocenters. The maximum Gasteiger partial charge on any atom is 0.317 e. The normalized spacial score (nSPS) is 12.6. The van der Waals surface area contributed by atoms with E-state index in [9.17, 15) is 14.4 Å². The average molecular weight is 325 g/mol. The van der Waals surface area contributed by atoms with Crippen molar-refractivity contribution in [3.63, 3.8) is 0 Å². The van der Waals surface area contributed by atoms with Crippen LogP contribution in [0.4, 0.5) is 5.69 Å². The van der Waals surface area contributed by atoms with Crippen molar-refractivity contribution in [2.45, 2.75) is 6.42 Å². The molecule has 0 bridgehead atoms. The lowest BCUT2D eigenvalue weighted by molar-refractivity contribution is -0.154. The van der Waals surface area contributed by atoms with Crippen LogP contribution in [0, 0.1) is 5.92 Å². The second kappa shape index (κ2) is 6.16. The van der Waals surface area contributed by atoms with E-state index < -0.39 is 17.9 Å². The Kier molecular flexibility index (Phi) is 4.04. The summed E-state index contributed by atoms with van der Waals surface area (Å²) in [6.07, 6.45) is 3.19. The summed E-state index contributed by atoms with van der Waals surface area (Å²) in [6.45, 7) is 0.140. The highest BCUT2D eigenvalue weighted by Crippen LogP contribution is 2.33. The lowest BCUT2D eigenvalue weighted by Gasteiger charge is -2.17. The van der Waals surface area contributed by atoms with Gasteiger partial charge in [0, 0.05) is 17.6 Å². The molecule has 6 heteroatoms. The number of carboxylic acids is 2. The Bertz CT molecular complexity index is 870. The molecule has 24 heavy (non-hydrogen) atoms. The highest BCUT2D eigenvalue weighted by atomic mass is 16.4. The highest BCUT2D eigenvalue weighted by Gasteiger charge is 2.25. The van der Waals surface area contributed by atoms with Crippen molar-refractivity contribution in [3.8, 4) is 0 Å².